The van der Waals surface area contributed by atoms with Gasteiger partial charge in [0, 0.05) is 7.11 Å². The van der Waals surface area contributed by atoms with Crippen molar-refractivity contribution >= 4 is 24.0 Å². The van der Waals surface area contributed by atoms with E-state index in [0.717, 1.165) is 53.4 Å². The van der Waals surface area contributed by atoms with Crippen LogP contribution >= 0.6 is 0 Å². The summed E-state index contributed by atoms with van der Waals surface area (Å²) in [7, 11) is -3.42. The molecular formula is C30H56O2Si3. The standard InChI is InChI=1S/C30H56O2Si3/c1-21-23(3)29-19-27(21)17-25(29)13-11-15-33(6,7)34(8,9)32-35(10,31-5)16-12-14-26-18-28-20-30(26)24(4)22(28)2/h17-18,21-24,27-30H,11-16,19-20H2,1-10H3. The van der Waals surface area contributed by atoms with E-state index in [1.165, 1.54) is 44.6 Å². The van der Waals surface area contributed by atoms with Crippen molar-refractivity contribution in [2.24, 2.45) is 47.3 Å². The quantitative estimate of drug-likeness (QED) is 0.184. The number of hydrogen-bond acceptors (Lipinski definition) is 2. The van der Waals surface area contributed by atoms with E-state index in [1.807, 2.05) is 7.11 Å². The first-order chi connectivity index (χ1) is 16.3. The first kappa shape index (κ1) is 28.1. The lowest BCUT2D eigenvalue weighted by molar-refractivity contribution is 0.302. The monoisotopic (exact) mass is 532 g/mol. The predicted molar refractivity (Wildman–Crippen MR) is 159 cm³/mol. The lowest BCUT2D eigenvalue weighted by Gasteiger charge is -2.43. The van der Waals surface area contributed by atoms with Crippen molar-refractivity contribution in [3.63, 3.8) is 0 Å². The minimum absolute atomic E-state index is 0.854. The van der Waals surface area contributed by atoms with Crippen molar-refractivity contribution in [2.45, 2.75) is 111 Å². The molecule has 4 rings (SSSR count). The van der Waals surface area contributed by atoms with Crippen LogP contribution in [0.25, 0.3) is 0 Å². The van der Waals surface area contributed by atoms with E-state index in [-0.39, 0.29) is 0 Å². The molecule has 2 nitrogen and oxygen atoms in total. The molecule has 0 N–H and O–H groups in total. The Labute approximate surface area is 220 Å². The minimum Gasteiger partial charge on any atom is -0.438 e. The molecule has 2 saturated carbocycles. The molecule has 0 spiro atoms. The van der Waals surface area contributed by atoms with Gasteiger partial charge in [0.2, 0.25) is 0 Å². The van der Waals surface area contributed by atoms with Crippen molar-refractivity contribution < 1.29 is 8.54 Å². The molecule has 9 atom stereocenters. The second kappa shape index (κ2) is 10.3. The number of rotatable bonds is 12. The van der Waals surface area contributed by atoms with Crippen LogP contribution in [0.15, 0.2) is 23.3 Å². The number of fused-ring (bicyclic) bond motifs is 4. The highest BCUT2D eigenvalue weighted by Gasteiger charge is 2.49. The Morgan fingerprint density at radius 2 is 1.17 bits per heavy atom. The highest BCUT2D eigenvalue weighted by Crippen LogP contribution is 2.53. The maximum atomic E-state index is 7.19. The first-order valence-electron chi connectivity index (χ1n) is 14.9. The summed E-state index contributed by atoms with van der Waals surface area (Å²) in [5.41, 5.74) is 3.57. The van der Waals surface area contributed by atoms with E-state index >= 15 is 0 Å². The zero-order chi connectivity index (χ0) is 25.8. The normalized spacial score (nSPS) is 38.1. The fraction of sp³-hybridized carbons (Fsp3) is 0.867. The third-order valence-electron chi connectivity index (χ3n) is 12.0. The van der Waals surface area contributed by atoms with Gasteiger partial charge in [0.05, 0.1) is 7.59 Å². The van der Waals surface area contributed by atoms with E-state index < -0.39 is 24.0 Å². The van der Waals surface area contributed by atoms with Crippen LogP contribution in [0.1, 0.15) is 66.2 Å². The van der Waals surface area contributed by atoms with Crippen LogP contribution in [0.5, 0.6) is 0 Å². The van der Waals surface area contributed by atoms with Crippen molar-refractivity contribution in [1.29, 1.82) is 0 Å². The van der Waals surface area contributed by atoms with Crippen molar-refractivity contribution in [2.75, 3.05) is 7.11 Å². The van der Waals surface area contributed by atoms with E-state index in [9.17, 15) is 0 Å². The summed E-state index contributed by atoms with van der Waals surface area (Å²) < 4.78 is 13.4. The van der Waals surface area contributed by atoms with Crippen LogP contribution < -0.4 is 0 Å². The molecule has 0 aliphatic heterocycles. The Kier molecular flexibility index (Phi) is 8.27. The van der Waals surface area contributed by atoms with Gasteiger partial charge in [0.1, 0.15) is 0 Å². The predicted octanol–water partition coefficient (Wildman–Crippen LogP) is 8.97. The van der Waals surface area contributed by atoms with Gasteiger partial charge in [-0.3, -0.25) is 0 Å². The third kappa shape index (κ3) is 5.46. The van der Waals surface area contributed by atoms with Gasteiger partial charge in [-0.15, -0.1) is 0 Å². The Bertz CT molecular complexity index is 833. The van der Waals surface area contributed by atoms with Crippen LogP contribution in [-0.2, 0) is 8.54 Å². The molecule has 2 fully saturated rings. The SMILES string of the molecule is CO[Si](C)(CCCC1=CC2CC1C(C)C2C)O[Si](C)(C)[Si](C)(C)CCCC1=CC2CC1C(C)C2C. The molecule has 0 radical (unpaired) electrons. The summed E-state index contributed by atoms with van der Waals surface area (Å²) in [5.74, 6) is 7.04. The van der Waals surface area contributed by atoms with Crippen molar-refractivity contribution in [3.05, 3.63) is 23.3 Å². The Morgan fingerprint density at radius 3 is 1.57 bits per heavy atom. The molecule has 0 aromatic carbocycles. The average molecular weight is 533 g/mol. The maximum Gasteiger partial charge on any atom is 0.324 e. The highest BCUT2D eigenvalue weighted by atomic mass is 29.3. The Morgan fingerprint density at radius 1 is 0.714 bits per heavy atom. The molecule has 4 aliphatic rings. The Balaban J connectivity index is 1.27. The molecule has 35 heavy (non-hydrogen) atoms. The van der Waals surface area contributed by atoms with Gasteiger partial charge in [0.25, 0.3) is 0 Å². The van der Waals surface area contributed by atoms with Crippen LogP contribution in [-0.4, -0.2) is 31.1 Å². The molecule has 0 aromatic rings. The fourth-order valence-electron chi connectivity index (χ4n) is 8.23. The molecule has 9 unspecified atom stereocenters. The van der Waals surface area contributed by atoms with Gasteiger partial charge in [-0.2, -0.15) is 0 Å². The molecular weight excluding hydrogens is 477 g/mol. The zero-order valence-corrected chi connectivity index (χ0v) is 27.7. The third-order valence-corrected chi connectivity index (χ3v) is 34.2. The van der Waals surface area contributed by atoms with Gasteiger partial charge in [-0.25, -0.2) is 0 Å². The van der Waals surface area contributed by atoms with Crippen molar-refractivity contribution in [3.8, 4) is 0 Å². The number of hydrogen-bond donors (Lipinski definition) is 0. The zero-order valence-electron chi connectivity index (χ0n) is 24.7. The summed E-state index contributed by atoms with van der Waals surface area (Å²) in [6.45, 7) is 22.5. The summed E-state index contributed by atoms with van der Waals surface area (Å²) >= 11 is 0. The van der Waals surface area contributed by atoms with Gasteiger partial charge in [-0.1, -0.05) is 76.6 Å². The molecule has 0 aromatic heterocycles. The van der Waals surface area contributed by atoms with Gasteiger partial charge < -0.3 is 8.54 Å². The minimum atomic E-state index is -2.13. The largest absolute Gasteiger partial charge is 0.438 e. The second-order valence-electron chi connectivity index (χ2n) is 14.5. The van der Waals surface area contributed by atoms with Crippen LogP contribution in [0.2, 0.25) is 44.8 Å². The fourth-order valence-corrected chi connectivity index (χ4v) is 23.8. The van der Waals surface area contributed by atoms with Gasteiger partial charge in [0.15, 0.2) is 7.83 Å². The topological polar surface area (TPSA) is 18.5 Å². The molecule has 0 saturated heterocycles. The first-order valence-corrected chi connectivity index (χ1v) is 24.6. The molecule has 0 amide bonds. The molecule has 5 heteroatoms. The van der Waals surface area contributed by atoms with Crippen LogP contribution in [0, 0.1) is 47.3 Å². The number of allylic oxidation sites excluding steroid dienone is 4. The summed E-state index contributed by atoms with van der Waals surface area (Å²) in [4.78, 5) is 0. The molecule has 4 aliphatic carbocycles. The van der Waals surface area contributed by atoms with Crippen LogP contribution in [0.4, 0.5) is 0 Å². The molecule has 0 heterocycles. The summed E-state index contributed by atoms with van der Waals surface area (Å²) in [6.07, 6.45) is 13.4. The second-order valence-corrected chi connectivity index (χ2v) is 33.4. The van der Waals surface area contributed by atoms with E-state index in [2.05, 4.69) is 72.6 Å². The average Bonchev–Trinajstić information content (AvgIpc) is 3.52. The Hall–Kier alpha value is 0.0506. The summed E-state index contributed by atoms with van der Waals surface area (Å²) in [5, 5.41) is 0. The molecule has 4 bridgehead atoms. The van der Waals surface area contributed by atoms with E-state index in [0.29, 0.717) is 0 Å². The highest BCUT2D eigenvalue weighted by molar-refractivity contribution is 7.39. The van der Waals surface area contributed by atoms with Gasteiger partial charge >= 0.3 is 8.56 Å². The van der Waals surface area contributed by atoms with E-state index in [4.69, 9.17) is 8.54 Å². The lowest BCUT2D eigenvalue weighted by atomic mass is 9.80. The smallest absolute Gasteiger partial charge is 0.324 e. The van der Waals surface area contributed by atoms with E-state index in [1.54, 1.807) is 11.1 Å². The lowest BCUT2D eigenvalue weighted by Crippen LogP contribution is -2.62. The summed E-state index contributed by atoms with van der Waals surface area (Å²) in [6, 6.07) is 2.56. The maximum absolute atomic E-state index is 7.19. The van der Waals surface area contributed by atoms with Crippen molar-refractivity contribution in [1.82, 2.24) is 0 Å². The van der Waals surface area contributed by atoms with Crippen LogP contribution in [0.3, 0.4) is 0 Å². The molecule has 200 valence electrons. The van der Waals surface area contributed by atoms with Gasteiger partial charge in [-0.05, 0) is 105 Å².